The van der Waals surface area contributed by atoms with Gasteiger partial charge in [0.25, 0.3) is 5.56 Å². The third-order valence-electron chi connectivity index (χ3n) is 4.59. The monoisotopic (exact) mass is 384 g/mol. The van der Waals surface area contributed by atoms with Crippen molar-refractivity contribution in [3.05, 3.63) is 57.5 Å². The molecule has 7 nitrogen and oxygen atoms in total. The van der Waals surface area contributed by atoms with Gasteiger partial charge in [-0.3, -0.25) is 9.69 Å². The summed E-state index contributed by atoms with van der Waals surface area (Å²) in [6.45, 7) is 4.60. The minimum absolute atomic E-state index is 0.164. The van der Waals surface area contributed by atoms with E-state index in [-0.39, 0.29) is 17.5 Å². The van der Waals surface area contributed by atoms with Crippen molar-refractivity contribution in [2.75, 3.05) is 6.54 Å². The predicted molar refractivity (Wildman–Crippen MR) is 102 cm³/mol. The van der Waals surface area contributed by atoms with Crippen molar-refractivity contribution in [2.45, 2.75) is 38.6 Å². The highest BCUT2D eigenvalue weighted by Gasteiger charge is 2.34. The summed E-state index contributed by atoms with van der Waals surface area (Å²) >= 11 is 1.36. The van der Waals surface area contributed by atoms with Crippen LogP contribution >= 0.6 is 11.3 Å². The van der Waals surface area contributed by atoms with Crippen LogP contribution in [0, 0.1) is 0 Å². The number of ether oxygens (including phenoxy) is 1. The summed E-state index contributed by atoms with van der Waals surface area (Å²) in [5, 5.41) is 5.16. The summed E-state index contributed by atoms with van der Waals surface area (Å²) in [7, 11) is 0. The second-order valence-electron chi connectivity index (χ2n) is 6.84. The number of benzene rings is 1. The van der Waals surface area contributed by atoms with E-state index in [0.717, 1.165) is 18.5 Å². The Kier molecular flexibility index (Phi) is 4.65. The molecular formula is C19H20N4O3S. The van der Waals surface area contributed by atoms with Crippen molar-refractivity contribution in [1.82, 2.24) is 19.5 Å². The molecule has 1 fully saturated rings. The van der Waals surface area contributed by atoms with Gasteiger partial charge in [-0.25, -0.2) is 9.78 Å². The predicted octanol–water partition coefficient (Wildman–Crippen LogP) is 3.61. The van der Waals surface area contributed by atoms with Gasteiger partial charge in [-0.05, 0) is 30.9 Å². The lowest BCUT2D eigenvalue weighted by atomic mass is 10.1. The van der Waals surface area contributed by atoms with E-state index in [1.807, 2.05) is 32.0 Å². The largest absolute Gasteiger partial charge is 0.415 e. The van der Waals surface area contributed by atoms with Gasteiger partial charge >= 0.3 is 6.09 Å². The SMILES string of the molecule is CC(C)c1cc(=O)n2nc([C@H]3CCCN3C(=O)Oc3ccccc3)sc2n1. The van der Waals surface area contributed by atoms with Crippen molar-refractivity contribution >= 4 is 22.4 Å². The molecule has 0 radical (unpaired) electrons. The first-order valence-electron chi connectivity index (χ1n) is 8.97. The summed E-state index contributed by atoms with van der Waals surface area (Å²) in [6, 6.07) is 10.3. The van der Waals surface area contributed by atoms with Crippen LogP contribution in [-0.2, 0) is 0 Å². The number of nitrogens with zero attached hydrogens (tertiary/aromatic N) is 4. The second kappa shape index (κ2) is 7.11. The quantitative estimate of drug-likeness (QED) is 0.689. The van der Waals surface area contributed by atoms with Crippen LogP contribution in [0.2, 0.25) is 0 Å². The Bertz CT molecular complexity index is 1030. The molecule has 0 aliphatic carbocycles. The Morgan fingerprint density at radius 2 is 2.07 bits per heavy atom. The van der Waals surface area contributed by atoms with Gasteiger partial charge in [0, 0.05) is 12.6 Å². The summed E-state index contributed by atoms with van der Waals surface area (Å²) in [5.74, 6) is 0.675. The average molecular weight is 384 g/mol. The lowest BCUT2D eigenvalue weighted by Gasteiger charge is -2.21. The fourth-order valence-electron chi connectivity index (χ4n) is 3.16. The van der Waals surface area contributed by atoms with Crippen molar-refractivity contribution in [3.8, 4) is 5.75 Å². The van der Waals surface area contributed by atoms with Crippen LogP contribution in [0.25, 0.3) is 4.96 Å². The van der Waals surface area contributed by atoms with E-state index < -0.39 is 6.09 Å². The lowest BCUT2D eigenvalue weighted by molar-refractivity contribution is 0.147. The van der Waals surface area contributed by atoms with E-state index in [0.29, 0.717) is 22.3 Å². The Morgan fingerprint density at radius 3 is 2.81 bits per heavy atom. The smallest absolute Gasteiger partial charge is 0.410 e. The number of hydrogen-bond acceptors (Lipinski definition) is 6. The van der Waals surface area contributed by atoms with Gasteiger partial charge in [-0.2, -0.15) is 9.61 Å². The Hall–Kier alpha value is -2.74. The van der Waals surface area contributed by atoms with E-state index in [4.69, 9.17) is 4.74 Å². The number of para-hydroxylation sites is 1. The fourth-order valence-corrected chi connectivity index (χ4v) is 4.22. The molecule has 3 heterocycles. The van der Waals surface area contributed by atoms with Crippen LogP contribution in [-0.4, -0.2) is 32.1 Å². The first-order valence-corrected chi connectivity index (χ1v) is 9.79. The molecule has 27 heavy (non-hydrogen) atoms. The maximum absolute atomic E-state index is 12.6. The molecule has 0 unspecified atom stereocenters. The zero-order chi connectivity index (χ0) is 19.0. The molecule has 0 N–H and O–H groups in total. The maximum atomic E-state index is 12.6. The Morgan fingerprint density at radius 1 is 1.30 bits per heavy atom. The molecule has 1 saturated heterocycles. The van der Waals surface area contributed by atoms with Crippen LogP contribution in [0.5, 0.6) is 5.75 Å². The standard InChI is InChI=1S/C19H20N4O3S/c1-12(2)14-11-16(24)23-18(20-14)27-17(21-23)15-9-6-10-22(15)19(25)26-13-7-4-3-5-8-13/h3-5,7-8,11-12,15H,6,9-10H2,1-2H3/t15-/m1/s1. The zero-order valence-electron chi connectivity index (χ0n) is 15.2. The Balaban J connectivity index is 1.62. The van der Waals surface area contributed by atoms with Gasteiger partial charge in [0.2, 0.25) is 4.96 Å². The van der Waals surface area contributed by atoms with Crippen molar-refractivity contribution in [3.63, 3.8) is 0 Å². The summed E-state index contributed by atoms with van der Waals surface area (Å²) in [6.07, 6.45) is 1.26. The number of amides is 1. The third-order valence-corrected chi connectivity index (χ3v) is 5.60. The molecule has 0 saturated carbocycles. The molecule has 4 rings (SSSR count). The van der Waals surface area contributed by atoms with E-state index in [9.17, 15) is 9.59 Å². The Labute approximate surface area is 160 Å². The number of carbonyl (C=O) groups excluding carboxylic acids is 1. The number of fused-ring (bicyclic) bond motifs is 1. The topological polar surface area (TPSA) is 76.8 Å². The third kappa shape index (κ3) is 3.44. The minimum Gasteiger partial charge on any atom is -0.410 e. The number of rotatable bonds is 3. The highest BCUT2D eigenvalue weighted by Crippen LogP contribution is 2.34. The van der Waals surface area contributed by atoms with Crippen LogP contribution in [0.1, 0.15) is 49.4 Å². The van der Waals surface area contributed by atoms with Crippen molar-refractivity contribution in [2.24, 2.45) is 0 Å². The van der Waals surface area contributed by atoms with Gasteiger partial charge in [-0.15, -0.1) is 0 Å². The number of aromatic nitrogens is 3. The first kappa shape index (κ1) is 17.7. The first-order chi connectivity index (χ1) is 13.0. The summed E-state index contributed by atoms with van der Waals surface area (Å²) in [5.41, 5.74) is 0.560. The normalized spacial score (nSPS) is 17.0. The summed E-state index contributed by atoms with van der Waals surface area (Å²) in [4.78, 5) is 31.8. The van der Waals surface area contributed by atoms with Crippen LogP contribution < -0.4 is 10.3 Å². The molecule has 140 valence electrons. The highest BCUT2D eigenvalue weighted by atomic mass is 32.1. The van der Waals surface area contributed by atoms with Crippen LogP contribution in [0.4, 0.5) is 4.79 Å². The molecule has 0 bridgehead atoms. The fraction of sp³-hybridized carbons (Fsp3) is 0.368. The molecule has 3 aromatic rings. The van der Waals surface area contributed by atoms with Gasteiger partial charge in [-0.1, -0.05) is 43.4 Å². The van der Waals surface area contributed by atoms with E-state index >= 15 is 0 Å². The molecule has 0 spiro atoms. The molecule has 1 atom stereocenters. The highest BCUT2D eigenvalue weighted by molar-refractivity contribution is 7.16. The molecule has 2 aromatic heterocycles. The van der Waals surface area contributed by atoms with E-state index in [2.05, 4.69) is 10.1 Å². The maximum Gasteiger partial charge on any atom is 0.415 e. The molecule has 1 amide bonds. The second-order valence-corrected chi connectivity index (χ2v) is 7.83. The van der Waals surface area contributed by atoms with Crippen molar-refractivity contribution in [1.29, 1.82) is 0 Å². The van der Waals surface area contributed by atoms with Crippen LogP contribution in [0.3, 0.4) is 0 Å². The zero-order valence-corrected chi connectivity index (χ0v) is 16.0. The van der Waals surface area contributed by atoms with Gasteiger partial charge in [0.05, 0.1) is 11.7 Å². The average Bonchev–Trinajstić information content (AvgIpc) is 3.29. The van der Waals surface area contributed by atoms with Crippen LogP contribution in [0.15, 0.2) is 41.2 Å². The molecular weight excluding hydrogens is 364 g/mol. The molecule has 1 aliphatic heterocycles. The van der Waals surface area contributed by atoms with E-state index in [1.165, 1.54) is 21.9 Å². The van der Waals surface area contributed by atoms with Gasteiger partial charge in [0.15, 0.2) is 0 Å². The molecule has 1 aromatic carbocycles. The molecule has 8 heteroatoms. The van der Waals surface area contributed by atoms with Gasteiger partial charge in [0.1, 0.15) is 10.8 Å². The number of carbonyl (C=O) groups is 1. The number of hydrogen-bond donors (Lipinski definition) is 0. The van der Waals surface area contributed by atoms with E-state index in [1.54, 1.807) is 17.0 Å². The lowest BCUT2D eigenvalue weighted by Crippen LogP contribution is -2.33. The van der Waals surface area contributed by atoms with Crippen molar-refractivity contribution < 1.29 is 9.53 Å². The molecule has 1 aliphatic rings. The number of likely N-dealkylation sites (tertiary alicyclic amines) is 1. The summed E-state index contributed by atoms with van der Waals surface area (Å²) < 4.78 is 6.80. The van der Waals surface area contributed by atoms with Gasteiger partial charge < -0.3 is 4.74 Å². The minimum atomic E-state index is -0.397.